The molecular formula is C17H25NO5. The van der Waals surface area contributed by atoms with Crippen LogP contribution in [0.5, 0.6) is 5.75 Å². The number of para-hydroxylation sites is 1. The van der Waals surface area contributed by atoms with Crippen LogP contribution < -0.4 is 4.74 Å². The number of carbonyl (C=O) groups excluding carboxylic acids is 1. The topological polar surface area (TPSA) is 68.2 Å². The average molecular weight is 323 g/mol. The molecule has 0 radical (unpaired) electrons. The van der Waals surface area contributed by atoms with Crippen LogP contribution in [-0.2, 0) is 9.47 Å². The molecule has 2 rings (SSSR count). The van der Waals surface area contributed by atoms with Crippen LogP contribution in [0.4, 0.5) is 4.79 Å². The van der Waals surface area contributed by atoms with Crippen molar-refractivity contribution in [3.63, 3.8) is 0 Å². The maximum atomic E-state index is 11.9. The van der Waals surface area contributed by atoms with Gasteiger partial charge in [0.2, 0.25) is 0 Å². The van der Waals surface area contributed by atoms with Gasteiger partial charge in [-0.3, -0.25) is 0 Å². The molecule has 0 aliphatic carbocycles. The Morgan fingerprint density at radius 2 is 2.00 bits per heavy atom. The minimum absolute atomic E-state index is 0.121. The van der Waals surface area contributed by atoms with E-state index in [0.29, 0.717) is 18.8 Å². The van der Waals surface area contributed by atoms with Crippen molar-refractivity contribution in [2.45, 2.75) is 38.6 Å². The lowest BCUT2D eigenvalue weighted by Crippen LogP contribution is -2.56. The molecule has 0 saturated carbocycles. The number of ether oxygens (including phenoxy) is 3. The lowest BCUT2D eigenvalue weighted by atomic mass is 10.1. The zero-order valence-corrected chi connectivity index (χ0v) is 14.1. The van der Waals surface area contributed by atoms with Gasteiger partial charge < -0.3 is 24.2 Å². The Hall–Kier alpha value is -1.79. The first-order valence-electron chi connectivity index (χ1n) is 7.71. The highest BCUT2D eigenvalue weighted by molar-refractivity contribution is 5.69. The molecule has 128 valence electrons. The fourth-order valence-electron chi connectivity index (χ4n) is 2.38. The molecule has 1 fully saturated rings. The van der Waals surface area contributed by atoms with Crippen LogP contribution in [-0.4, -0.2) is 54.6 Å². The molecular weight excluding hydrogens is 298 g/mol. The van der Waals surface area contributed by atoms with Crippen LogP contribution in [0.3, 0.4) is 0 Å². The third-order valence-electron chi connectivity index (χ3n) is 3.51. The minimum atomic E-state index is -0.506. The van der Waals surface area contributed by atoms with Crippen molar-refractivity contribution in [1.82, 2.24) is 4.90 Å². The van der Waals surface area contributed by atoms with Gasteiger partial charge in [0.25, 0.3) is 0 Å². The van der Waals surface area contributed by atoms with E-state index in [-0.39, 0.29) is 18.8 Å². The Morgan fingerprint density at radius 3 is 2.57 bits per heavy atom. The van der Waals surface area contributed by atoms with Crippen molar-refractivity contribution < 1.29 is 24.1 Å². The molecule has 1 heterocycles. The van der Waals surface area contributed by atoms with Gasteiger partial charge in [-0.05, 0) is 26.8 Å². The second-order valence-corrected chi connectivity index (χ2v) is 6.56. The third-order valence-corrected chi connectivity index (χ3v) is 3.51. The largest absolute Gasteiger partial charge is 0.496 e. The Bertz CT molecular complexity index is 534. The summed E-state index contributed by atoms with van der Waals surface area (Å²) in [5.41, 5.74) is 0.293. The first-order valence-corrected chi connectivity index (χ1v) is 7.71. The van der Waals surface area contributed by atoms with E-state index in [0.717, 1.165) is 5.56 Å². The molecule has 0 aromatic heterocycles. The minimum Gasteiger partial charge on any atom is -0.496 e. The lowest BCUT2D eigenvalue weighted by molar-refractivity contribution is -0.107. The number of aliphatic hydroxyl groups is 1. The molecule has 0 bridgehead atoms. The van der Waals surface area contributed by atoms with E-state index in [1.54, 1.807) is 12.0 Å². The predicted molar refractivity (Wildman–Crippen MR) is 85.5 cm³/mol. The fraction of sp³-hybridized carbons (Fsp3) is 0.588. The first kappa shape index (κ1) is 17.6. The molecule has 1 aliphatic rings. The van der Waals surface area contributed by atoms with E-state index >= 15 is 0 Å². The predicted octanol–water partition coefficient (Wildman–Crippen LogP) is 2.36. The van der Waals surface area contributed by atoms with Crippen molar-refractivity contribution in [2.24, 2.45) is 0 Å². The number of likely N-dealkylation sites (tertiary alicyclic amines) is 1. The van der Waals surface area contributed by atoms with Gasteiger partial charge in [-0.2, -0.15) is 0 Å². The summed E-state index contributed by atoms with van der Waals surface area (Å²) in [4.78, 5) is 13.5. The average Bonchev–Trinajstić information content (AvgIpc) is 2.44. The second kappa shape index (κ2) is 7.19. The van der Waals surface area contributed by atoms with Crippen LogP contribution in [0.2, 0.25) is 0 Å². The second-order valence-electron chi connectivity index (χ2n) is 6.56. The van der Waals surface area contributed by atoms with E-state index in [1.165, 1.54) is 0 Å². The van der Waals surface area contributed by atoms with Crippen molar-refractivity contribution in [1.29, 1.82) is 0 Å². The molecule has 1 N–H and O–H groups in total. The van der Waals surface area contributed by atoms with Crippen LogP contribution in [0.1, 0.15) is 32.4 Å². The number of rotatable bonds is 5. The number of methoxy groups -OCH3 is 1. The van der Waals surface area contributed by atoms with Crippen LogP contribution in [0.25, 0.3) is 0 Å². The number of amides is 1. The zero-order chi connectivity index (χ0) is 17.0. The summed E-state index contributed by atoms with van der Waals surface area (Å²) in [6.45, 7) is 6.27. The van der Waals surface area contributed by atoms with Crippen LogP contribution in [0, 0.1) is 0 Å². The van der Waals surface area contributed by atoms with Crippen molar-refractivity contribution in [3.8, 4) is 5.75 Å². The molecule has 1 aromatic carbocycles. The number of hydrogen-bond donors (Lipinski definition) is 1. The van der Waals surface area contributed by atoms with Gasteiger partial charge in [-0.1, -0.05) is 18.2 Å². The molecule has 6 nitrogen and oxygen atoms in total. The summed E-state index contributed by atoms with van der Waals surface area (Å²) in [6.07, 6.45) is -0.934. The summed E-state index contributed by atoms with van der Waals surface area (Å²) in [6, 6.07) is 7.43. The number of benzene rings is 1. The highest BCUT2D eigenvalue weighted by Crippen LogP contribution is 2.30. The Morgan fingerprint density at radius 1 is 1.35 bits per heavy atom. The quantitative estimate of drug-likeness (QED) is 0.901. The van der Waals surface area contributed by atoms with Gasteiger partial charge in [0.15, 0.2) is 0 Å². The number of aliphatic hydroxyl groups excluding tert-OH is 1. The van der Waals surface area contributed by atoms with Gasteiger partial charge in [-0.15, -0.1) is 0 Å². The summed E-state index contributed by atoms with van der Waals surface area (Å²) in [5, 5.41) is 9.61. The maximum Gasteiger partial charge on any atom is 0.410 e. The van der Waals surface area contributed by atoms with Gasteiger partial charge in [0.1, 0.15) is 17.5 Å². The van der Waals surface area contributed by atoms with Crippen molar-refractivity contribution in [3.05, 3.63) is 29.8 Å². The van der Waals surface area contributed by atoms with Gasteiger partial charge in [-0.25, -0.2) is 4.79 Å². The summed E-state index contributed by atoms with van der Waals surface area (Å²) in [7, 11) is 1.58. The molecule has 1 unspecified atom stereocenters. The summed E-state index contributed by atoms with van der Waals surface area (Å²) >= 11 is 0. The van der Waals surface area contributed by atoms with E-state index in [9.17, 15) is 9.90 Å². The Kier molecular flexibility index (Phi) is 5.49. The SMILES string of the molecule is COc1ccccc1C(CO)OC1CN(C(=O)OC(C)(C)C)C1. The number of hydrogen-bond acceptors (Lipinski definition) is 5. The normalized spacial score (nSPS) is 16.7. The van der Waals surface area contributed by atoms with Crippen LogP contribution >= 0.6 is 0 Å². The number of carbonyl (C=O) groups is 1. The highest BCUT2D eigenvalue weighted by atomic mass is 16.6. The van der Waals surface area contributed by atoms with Gasteiger partial charge in [0, 0.05) is 5.56 Å². The van der Waals surface area contributed by atoms with Crippen molar-refractivity contribution in [2.75, 3.05) is 26.8 Å². The van der Waals surface area contributed by atoms with E-state index < -0.39 is 11.7 Å². The smallest absolute Gasteiger partial charge is 0.410 e. The molecule has 1 amide bonds. The molecule has 0 spiro atoms. The summed E-state index contributed by atoms with van der Waals surface area (Å²) < 4.78 is 16.5. The van der Waals surface area contributed by atoms with Crippen molar-refractivity contribution >= 4 is 6.09 Å². The summed E-state index contributed by atoms with van der Waals surface area (Å²) in [5.74, 6) is 0.676. The number of nitrogens with zero attached hydrogens (tertiary/aromatic N) is 1. The first-order chi connectivity index (χ1) is 10.8. The van der Waals surface area contributed by atoms with E-state index in [4.69, 9.17) is 14.2 Å². The molecule has 6 heteroatoms. The third kappa shape index (κ3) is 4.59. The molecule has 1 aliphatic heterocycles. The van der Waals surface area contributed by atoms with E-state index in [2.05, 4.69) is 0 Å². The molecule has 1 saturated heterocycles. The Balaban J connectivity index is 1.89. The fourth-order valence-corrected chi connectivity index (χ4v) is 2.38. The molecule has 1 aromatic rings. The standard InChI is InChI=1S/C17H25NO5/c1-17(2,3)23-16(20)18-9-12(10-18)22-15(11-19)13-7-5-6-8-14(13)21-4/h5-8,12,15,19H,9-11H2,1-4H3. The monoisotopic (exact) mass is 323 g/mol. The van der Waals surface area contributed by atoms with Gasteiger partial charge >= 0.3 is 6.09 Å². The highest BCUT2D eigenvalue weighted by Gasteiger charge is 2.36. The molecule has 1 atom stereocenters. The van der Waals surface area contributed by atoms with Crippen LogP contribution in [0.15, 0.2) is 24.3 Å². The maximum absolute atomic E-state index is 11.9. The van der Waals surface area contributed by atoms with E-state index in [1.807, 2.05) is 45.0 Å². The lowest BCUT2D eigenvalue weighted by Gasteiger charge is -2.40. The molecule has 23 heavy (non-hydrogen) atoms. The zero-order valence-electron chi connectivity index (χ0n) is 14.1. The van der Waals surface area contributed by atoms with Gasteiger partial charge in [0.05, 0.1) is 32.9 Å². The Labute approximate surface area is 136 Å².